The molecule has 0 radical (unpaired) electrons. The van der Waals surface area contributed by atoms with Gasteiger partial charge in [-0.3, -0.25) is 0 Å². The summed E-state index contributed by atoms with van der Waals surface area (Å²) >= 11 is 0. The minimum atomic E-state index is -4.95. The average Bonchev–Trinajstić information content (AvgIpc) is 3.44. The van der Waals surface area contributed by atoms with E-state index in [0.29, 0.717) is 34.0 Å². The van der Waals surface area contributed by atoms with Crippen molar-refractivity contribution < 1.29 is 31.5 Å². The van der Waals surface area contributed by atoms with Crippen LogP contribution in [0.1, 0.15) is 42.0 Å². The van der Waals surface area contributed by atoms with Gasteiger partial charge in [-0.25, -0.2) is 28.1 Å². The largest absolute Gasteiger partial charge is 0.420 e. The Labute approximate surface area is 199 Å². The van der Waals surface area contributed by atoms with E-state index in [0.717, 1.165) is 6.20 Å². The molecule has 0 aliphatic carbocycles. The third-order valence-corrected chi connectivity index (χ3v) is 5.01. The van der Waals surface area contributed by atoms with Crippen LogP contribution < -0.4 is 10.6 Å². The minimum absolute atomic E-state index is 0.223. The quantitative estimate of drug-likeness (QED) is 0.370. The Kier molecular flexibility index (Phi) is 6.53. The third-order valence-electron chi connectivity index (χ3n) is 5.01. The first-order valence-corrected chi connectivity index (χ1v) is 10.2. The van der Waals surface area contributed by atoms with E-state index in [1.165, 1.54) is 17.8 Å². The van der Waals surface area contributed by atoms with Crippen LogP contribution >= 0.6 is 0 Å². The van der Waals surface area contributed by atoms with Crippen LogP contribution in [0.15, 0.2) is 30.9 Å². The number of imidazole rings is 1. The minimum Gasteiger partial charge on any atom is -0.377 e. The molecule has 4 heterocycles. The van der Waals surface area contributed by atoms with E-state index < -0.39 is 41.8 Å². The summed E-state index contributed by atoms with van der Waals surface area (Å²) in [5.41, 5.74) is -0.656. The fourth-order valence-corrected chi connectivity index (χ4v) is 3.34. The molecule has 4 rings (SSSR count). The monoisotopic (exact) mass is 511 g/mol. The van der Waals surface area contributed by atoms with E-state index in [-0.39, 0.29) is 11.4 Å². The van der Waals surface area contributed by atoms with Gasteiger partial charge in [0.15, 0.2) is 11.5 Å². The zero-order valence-corrected chi connectivity index (χ0v) is 18.9. The second kappa shape index (κ2) is 9.44. The molecule has 0 spiro atoms. The molecule has 0 aliphatic heterocycles. The van der Waals surface area contributed by atoms with Crippen molar-refractivity contribution >= 4 is 23.1 Å². The summed E-state index contributed by atoms with van der Waals surface area (Å²) < 4.78 is 73.5. The van der Waals surface area contributed by atoms with Crippen molar-refractivity contribution in [2.45, 2.75) is 32.6 Å². The SMILES string of the molecule is CO[C@@H](C)c1c(NC(=O)Nc2cnc(-n3ncc(C(F)F)n3)c(C(F)(F)F)c2)cnn2cc(C)nc12. The zero-order chi connectivity index (χ0) is 26.2. The third kappa shape index (κ3) is 4.93. The number of aryl methyl sites for hydroxylation is 1. The molecule has 0 aliphatic rings. The van der Waals surface area contributed by atoms with E-state index in [4.69, 9.17) is 4.74 Å². The molecular weight excluding hydrogens is 493 g/mol. The molecule has 2 N–H and O–H groups in total. The number of urea groups is 1. The highest BCUT2D eigenvalue weighted by Crippen LogP contribution is 2.34. The van der Waals surface area contributed by atoms with Crippen molar-refractivity contribution in [2.75, 3.05) is 17.7 Å². The molecule has 0 saturated heterocycles. The Morgan fingerprint density at radius 3 is 2.53 bits per heavy atom. The van der Waals surface area contributed by atoms with E-state index in [2.05, 4.69) is 35.9 Å². The summed E-state index contributed by atoms with van der Waals surface area (Å²) in [5.74, 6) is -0.833. The number of hydrogen-bond acceptors (Lipinski definition) is 7. The number of amides is 2. The van der Waals surface area contributed by atoms with Gasteiger partial charge in [0.1, 0.15) is 11.3 Å². The molecule has 0 bridgehead atoms. The predicted molar refractivity (Wildman–Crippen MR) is 115 cm³/mol. The fourth-order valence-electron chi connectivity index (χ4n) is 3.34. The van der Waals surface area contributed by atoms with Crippen LogP contribution in [0.2, 0.25) is 0 Å². The second-order valence-corrected chi connectivity index (χ2v) is 7.53. The highest BCUT2D eigenvalue weighted by Gasteiger charge is 2.36. The topological polar surface area (TPSA) is 124 Å². The van der Waals surface area contributed by atoms with Gasteiger partial charge in [-0.15, -0.1) is 9.90 Å². The van der Waals surface area contributed by atoms with Crippen LogP contribution in [0.4, 0.5) is 38.1 Å². The highest BCUT2D eigenvalue weighted by atomic mass is 19.4. The van der Waals surface area contributed by atoms with Gasteiger partial charge >= 0.3 is 12.2 Å². The lowest BCUT2D eigenvalue weighted by atomic mass is 10.1. The smallest absolute Gasteiger partial charge is 0.377 e. The Bertz CT molecular complexity index is 1420. The first-order valence-electron chi connectivity index (χ1n) is 10.2. The molecule has 2 amide bonds. The number of nitrogens with one attached hydrogen (secondary N) is 2. The molecule has 36 heavy (non-hydrogen) atoms. The summed E-state index contributed by atoms with van der Waals surface area (Å²) in [4.78, 5) is 21.0. The van der Waals surface area contributed by atoms with Gasteiger partial charge in [-0.2, -0.15) is 23.4 Å². The Hall–Kier alpha value is -4.21. The number of carbonyl (C=O) groups is 1. The summed E-state index contributed by atoms with van der Waals surface area (Å²) in [6, 6.07) is -0.306. The van der Waals surface area contributed by atoms with Gasteiger partial charge in [-0.1, -0.05) is 0 Å². The normalized spacial score (nSPS) is 12.8. The maximum atomic E-state index is 13.7. The number of fused-ring (bicyclic) bond motifs is 1. The van der Waals surface area contributed by atoms with Crippen LogP contribution in [0.5, 0.6) is 0 Å². The zero-order valence-electron chi connectivity index (χ0n) is 18.9. The fraction of sp³-hybridized carbons (Fsp3) is 0.300. The van der Waals surface area contributed by atoms with E-state index in [1.807, 2.05) is 0 Å². The van der Waals surface area contributed by atoms with Gasteiger partial charge in [0, 0.05) is 7.11 Å². The number of halogens is 5. The maximum absolute atomic E-state index is 13.7. The lowest BCUT2D eigenvalue weighted by molar-refractivity contribution is -0.137. The molecule has 4 aromatic rings. The molecule has 16 heteroatoms. The van der Waals surface area contributed by atoms with E-state index in [1.54, 1.807) is 20.0 Å². The summed E-state index contributed by atoms with van der Waals surface area (Å²) in [7, 11) is 1.46. The number of rotatable bonds is 6. The Morgan fingerprint density at radius 1 is 1.14 bits per heavy atom. The number of ether oxygens (including phenoxy) is 1. The van der Waals surface area contributed by atoms with Crippen molar-refractivity contribution in [1.29, 1.82) is 0 Å². The van der Waals surface area contributed by atoms with Crippen LogP contribution in [-0.2, 0) is 10.9 Å². The number of alkyl halides is 5. The van der Waals surface area contributed by atoms with Crippen LogP contribution in [0, 0.1) is 6.92 Å². The number of methoxy groups -OCH3 is 1. The second-order valence-electron chi connectivity index (χ2n) is 7.53. The number of anilines is 2. The number of nitrogens with zero attached hydrogens (tertiary/aromatic N) is 7. The van der Waals surface area contributed by atoms with E-state index in [9.17, 15) is 26.7 Å². The van der Waals surface area contributed by atoms with Gasteiger partial charge < -0.3 is 15.4 Å². The Balaban J connectivity index is 1.63. The summed E-state index contributed by atoms with van der Waals surface area (Å²) in [6.45, 7) is 3.49. The molecule has 1 atom stereocenters. The summed E-state index contributed by atoms with van der Waals surface area (Å²) in [5, 5.41) is 15.7. The summed E-state index contributed by atoms with van der Waals surface area (Å²) in [6.07, 6.45) is -3.91. The molecular formula is C20H18F5N9O2. The first kappa shape index (κ1) is 24.9. The number of carbonyl (C=O) groups excluding carboxylic acids is 1. The number of hydrogen-bond donors (Lipinski definition) is 2. The molecule has 0 unspecified atom stereocenters. The maximum Gasteiger partial charge on any atom is 0.420 e. The molecule has 4 aromatic heterocycles. The van der Waals surface area contributed by atoms with Crippen LogP contribution in [0.3, 0.4) is 0 Å². The van der Waals surface area contributed by atoms with Gasteiger partial charge in [-0.05, 0) is 19.9 Å². The molecule has 0 aromatic carbocycles. The van der Waals surface area contributed by atoms with E-state index >= 15 is 0 Å². The van der Waals surface area contributed by atoms with Crippen molar-refractivity contribution in [1.82, 2.24) is 34.6 Å². The van der Waals surface area contributed by atoms with Gasteiger partial charge in [0.2, 0.25) is 0 Å². The number of aromatic nitrogens is 7. The average molecular weight is 511 g/mol. The van der Waals surface area contributed by atoms with Crippen LogP contribution in [-0.4, -0.2) is 47.7 Å². The first-order chi connectivity index (χ1) is 17.0. The standard InChI is InChI=1S/C20H18F5N9O2/c1-9-8-33-18(29-9)15(10(2)36-3)13(6-27-33)31-19(35)30-11-4-12(20(23,24)25)17(26-5-11)34-28-7-14(32-34)16(21)22/h4-8,10,16H,1-3H3,(H2,30,31,35)/t10-/m0/s1. The van der Waals surface area contributed by atoms with Gasteiger partial charge in [0.05, 0.1) is 53.5 Å². The molecule has 190 valence electrons. The number of pyridine rings is 1. The Morgan fingerprint density at radius 2 is 1.89 bits per heavy atom. The lowest BCUT2D eigenvalue weighted by Gasteiger charge is -2.17. The molecule has 0 fully saturated rings. The van der Waals surface area contributed by atoms with Crippen molar-refractivity contribution in [3.8, 4) is 5.82 Å². The van der Waals surface area contributed by atoms with Crippen molar-refractivity contribution in [2.24, 2.45) is 0 Å². The predicted octanol–water partition coefficient (Wildman–Crippen LogP) is 4.32. The van der Waals surface area contributed by atoms with Crippen molar-refractivity contribution in [3.63, 3.8) is 0 Å². The lowest BCUT2D eigenvalue weighted by Crippen LogP contribution is -2.22. The molecule has 0 saturated carbocycles. The molecule has 11 nitrogen and oxygen atoms in total. The van der Waals surface area contributed by atoms with Gasteiger partial charge in [0.25, 0.3) is 6.43 Å². The van der Waals surface area contributed by atoms with Crippen molar-refractivity contribution in [3.05, 3.63) is 53.4 Å². The highest BCUT2D eigenvalue weighted by molar-refractivity contribution is 6.00. The van der Waals surface area contributed by atoms with Crippen LogP contribution in [0.25, 0.3) is 11.5 Å².